The lowest BCUT2D eigenvalue weighted by atomic mass is 10.0. The van der Waals surface area contributed by atoms with Gasteiger partial charge in [-0.1, -0.05) is 17.7 Å². The zero-order valence-electron chi connectivity index (χ0n) is 12.0. The largest absolute Gasteiger partial charge is 0.308 e. The second-order valence-electron chi connectivity index (χ2n) is 6.07. The van der Waals surface area contributed by atoms with Crippen LogP contribution in [0.15, 0.2) is 18.2 Å². The monoisotopic (exact) mass is 316 g/mol. The molecule has 112 valence electrons. The Morgan fingerprint density at radius 2 is 2.10 bits per heavy atom. The molecule has 0 bridgehead atoms. The molecular weight excluding hydrogens is 296 g/mol. The molecule has 0 radical (unpaired) electrons. The minimum atomic E-state index is -3.20. The molecule has 0 aromatic heterocycles. The van der Waals surface area contributed by atoms with Gasteiger partial charge in [-0.05, 0) is 49.9 Å². The minimum Gasteiger partial charge on any atom is -0.308 e. The van der Waals surface area contributed by atoms with Crippen molar-refractivity contribution in [1.82, 2.24) is 10.0 Å². The van der Waals surface area contributed by atoms with Gasteiger partial charge in [-0.3, -0.25) is 0 Å². The van der Waals surface area contributed by atoms with Crippen LogP contribution < -0.4 is 10.0 Å². The van der Waals surface area contributed by atoms with Gasteiger partial charge in [0.1, 0.15) is 0 Å². The number of aryl methyl sites for hydroxylation is 1. The first kappa shape index (κ1) is 15.8. The molecule has 1 aromatic rings. The maximum Gasteiger partial charge on any atom is 0.209 e. The summed E-state index contributed by atoms with van der Waals surface area (Å²) in [5, 5.41) is 4.22. The van der Waals surface area contributed by atoms with E-state index in [1.807, 2.05) is 26.0 Å². The van der Waals surface area contributed by atoms with Crippen LogP contribution in [0, 0.1) is 0 Å². The fourth-order valence-corrected chi connectivity index (χ4v) is 3.99. The molecule has 1 aliphatic carbocycles. The molecule has 1 aromatic carbocycles. The average Bonchev–Trinajstić information content (AvgIpc) is 2.65. The molecule has 0 saturated carbocycles. The highest BCUT2D eigenvalue weighted by molar-refractivity contribution is 7.88. The first-order chi connectivity index (χ1) is 9.16. The van der Waals surface area contributed by atoms with E-state index >= 15 is 0 Å². The predicted octanol–water partition coefficient (Wildman–Crippen LogP) is 2.24. The van der Waals surface area contributed by atoms with Gasteiger partial charge in [-0.2, -0.15) is 0 Å². The highest BCUT2D eigenvalue weighted by Crippen LogP contribution is 2.32. The zero-order valence-corrected chi connectivity index (χ0v) is 13.6. The fourth-order valence-electron chi connectivity index (χ4n) is 2.71. The Kier molecular flexibility index (Phi) is 4.44. The molecule has 2 N–H and O–H groups in total. The van der Waals surface area contributed by atoms with E-state index in [1.54, 1.807) is 0 Å². The lowest BCUT2D eigenvalue weighted by Crippen LogP contribution is -2.50. The normalized spacial score (nSPS) is 19.1. The van der Waals surface area contributed by atoms with Crippen LogP contribution in [0.5, 0.6) is 0 Å². The van der Waals surface area contributed by atoms with Crippen molar-refractivity contribution in [1.29, 1.82) is 0 Å². The van der Waals surface area contributed by atoms with Gasteiger partial charge >= 0.3 is 0 Å². The van der Waals surface area contributed by atoms with Crippen molar-refractivity contribution >= 4 is 21.6 Å². The third-order valence-corrected chi connectivity index (χ3v) is 4.59. The summed E-state index contributed by atoms with van der Waals surface area (Å²) in [6, 6.07) is 6.24. The van der Waals surface area contributed by atoms with E-state index in [9.17, 15) is 8.42 Å². The first-order valence-electron chi connectivity index (χ1n) is 6.67. The number of hydrogen-bond donors (Lipinski definition) is 2. The van der Waals surface area contributed by atoms with Crippen LogP contribution in [0.4, 0.5) is 0 Å². The van der Waals surface area contributed by atoms with E-state index in [0.29, 0.717) is 6.54 Å². The second-order valence-corrected chi connectivity index (χ2v) is 8.26. The molecule has 1 unspecified atom stereocenters. The van der Waals surface area contributed by atoms with Gasteiger partial charge < -0.3 is 5.32 Å². The summed E-state index contributed by atoms with van der Waals surface area (Å²) in [5.74, 6) is 0. The van der Waals surface area contributed by atoms with Gasteiger partial charge in [0, 0.05) is 23.1 Å². The summed E-state index contributed by atoms with van der Waals surface area (Å²) in [5.41, 5.74) is 2.04. The number of hydrogen-bond acceptors (Lipinski definition) is 3. The highest BCUT2D eigenvalue weighted by Gasteiger charge is 2.27. The Morgan fingerprint density at radius 1 is 1.40 bits per heavy atom. The maximum absolute atomic E-state index is 11.3. The van der Waals surface area contributed by atoms with Crippen molar-refractivity contribution in [2.75, 3.05) is 12.8 Å². The number of rotatable bonds is 5. The smallest absolute Gasteiger partial charge is 0.209 e. The number of nitrogens with one attached hydrogen (secondary N) is 2. The molecule has 0 spiro atoms. The summed E-state index contributed by atoms with van der Waals surface area (Å²) < 4.78 is 25.3. The van der Waals surface area contributed by atoms with Crippen molar-refractivity contribution in [2.24, 2.45) is 0 Å². The summed E-state index contributed by atoms with van der Waals surface area (Å²) in [4.78, 5) is 0. The van der Waals surface area contributed by atoms with E-state index in [2.05, 4.69) is 16.1 Å². The van der Waals surface area contributed by atoms with Crippen LogP contribution in [-0.2, 0) is 16.4 Å². The van der Waals surface area contributed by atoms with E-state index in [0.717, 1.165) is 17.9 Å². The molecule has 4 nitrogen and oxygen atoms in total. The minimum absolute atomic E-state index is 0.267. The number of fused-ring (bicyclic) bond motifs is 1. The lowest BCUT2D eigenvalue weighted by Gasteiger charge is -2.27. The Morgan fingerprint density at radius 3 is 2.75 bits per heavy atom. The Hall–Kier alpha value is -0.620. The molecular formula is C14H21ClN2O2S. The number of halogens is 1. The van der Waals surface area contributed by atoms with Gasteiger partial charge in [-0.15, -0.1) is 0 Å². The maximum atomic E-state index is 11.3. The van der Waals surface area contributed by atoms with Gasteiger partial charge in [-0.25, -0.2) is 13.1 Å². The van der Waals surface area contributed by atoms with E-state index in [-0.39, 0.29) is 6.04 Å². The molecule has 0 heterocycles. The third kappa shape index (κ3) is 4.19. The van der Waals surface area contributed by atoms with E-state index in [1.165, 1.54) is 17.4 Å². The molecule has 0 fully saturated rings. The predicted molar refractivity (Wildman–Crippen MR) is 82.6 cm³/mol. The van der Waals surface area contributed by atoms with Crippen LogP contribution in [-0.4, -0.2) is 26.8 Å². The van der Waals surface area contributed by atoms with Crippen LogP contribution in [0.25, 0.3) is 0 Å². The van der Waals surface area contributed by atoms with Gasteiger partial charge in [0.2, 0.25) is 10.0 Å². The Labute approximate surface area is 126 Å². The summed E-state index contributed by atoms with van der Waals surface area (Å²) >= 11 is 6.00. The highest BCUT2D eigenvalue weighted by atomic mass is 35.5. The molecule has 0 aliphatic heterocycles. The van der Waals surface area contributed by atoms with Gasteiger partial charge in [0.05, 0.1) is 6.26 Å². The van der Waals surface area contributed by atoms with Crippen molar-refractivity contribution in [3.05, 3.63) is 34.3 Å². The standard InChI is InChI=1S/C14H21ClN2O2S/c1-14(2,17-20(3,18)19)9-16-13-7-4-10-8-11(15)5-6-12(10)13/h5-6,8,13,16-17H,4,7,9H2,1-3H3. The van der Waals surface area contributed by atoms with E-state index < -0.39 is 15.6 Å². The molecule has 1 aliphatic rings. The summed E-state index contributed by atoms with van der Waals surface area (Å²) in [6.07, 6.45) is 3.21. The number of sulfonamides is 1. The molecule has 2 rings (SSSR count). The van der Waals surface area contributed by atoms with Crippen molar-refractivity contribution in [3.63, 3.8) is 0 Å². The molecule has 0 amide bonds. The molecule has 1 atom stereocenters. The van der Waals surface area contributed by atoms with Gasteiger partial charge in [0.25, 0.3) is 0 Å². The quantitative estimate of drug-likeness (QED) is 0.876. The van der Waals surface area contributed by atoms with Crippen LogP contribution >= 0.6 is 11.6 Å². The molecule has 6 heteroatoms. The Bertz CT molecular complexity index is 599. The fraction of sp³-hybridized carbons (Fsp3) is 0.571. The van der Waals surface area contributed by atoms with E-state index in [4.69, 9.17) is 11.6 Å². The topological polar surface area (TPSA) is 58.2 Å². The van der Waals surface area contributed by atoms with Crippen molar-refractivity contribution in [2.45, 2.75) is 38.3 Å². The van der Waals surface area contributed by atoms with Crippen LogP contribution in [0.2, 0.25) is 5.02 Å². The van der Waals surface area contributed by atoms with Crippen molar-refractivity contribution < 1.29 is 8.42 Å². The third-order valence-electron chi connectivity index (χ3n) is 3.43. The first-order valence-corrected chi connectivity index (χ1v) is 8.94. The second kappa shape index (κ2) is 5.64. The summed E-state index contributed by atoms with van der Waals surface area (Å²) in [7, 11) is -3.20. The van der Waals surface area contributed by atoms with Gasteiger partial charge in [0.15, 0.2) is 0 Å². The summed E-state index contributed by atoms with van der Waals surface area (Å²) in [6.45, 7) is 4.32. The van der Waals surface area contributed by atoms with Crippen LogP contribution in [0.3, 0.4) is 0 Å². The van der Waals surface area contributed by atoms with Crippen molar-refractivity contribution in [3.8, 4) is 0 Å². The lowest BCUT2D eigenvalue weighted by molar-refractivity contribution is 0.389. The zero-order chi connectivity index (χ0) is 15.0. The SMILES string of the molecule is CC(C)(CNC1CCc2cc(Cl)ccc21)NS(C)(=O)=O. The van der Waals surface area contributed by atoms with Crippen LogP contribution in [0.1, 0.15) is 37.4 Å². The molecule has 20 heavy (non-hydrogen) atoms. The molecule has 0 saturated heterocycles. The average molecular weight is 317 g/mol. The Balaban J connectivity index is 2.00. The number of benzene rings is 1.